The van der Waals surface area contributed by atoms with Crippen LogP contribution < -0.4 is 0 Å². The highest BCUT2D eigenvalue weighted by molar-refractivity contribution is 5.92. The molecular weight excluding hydrogens is 268 g/mol. The Hall–Kier alpha value is -1.88. The van der Waals surface area contributed by atoms with Crippen molar-refractivity contribution in [2.45, 2.75) is 26.9 Å². The lowest BCUT2D eigenvalue weighted by atomic mass is 10.0. The molecule has 1 aliphatic rings. The fourth-order valence-corrected chi connectivity index (χ4v) is 2.66. The van der Waals surface area contributed by atoms with Crippen molar-refractivity contribution in [3.05, 3.63) is 34.9 Å². The van der Waals surface area contributed by atoms with E-state index in [4.69, 9.17) is 0 Å². The number of benzene rings is 1. The van der Waals surface area contributed by atoms with Crippen LogP contribution in [0.3, 0.4) is 0 Å². The molecule has 1 aliphatic heterocycles. The van der Waals surface area contributed by atoms with Gasteiger partial charge in [0.25, 0.3) is 0 Å². The van der Waals surface area contributed by atoms with Crippen LogP contribution in [0.5, 0.6) is 0 Å². The van der Waals surface area contributed by atoms with E-state index in [0.29, 0.717) is 6.54 Å². The molecule has 1 unspecified atom stereocenters. The van der Waals surface area contributed by atoms with Gasteiger partial charge in [-0.3, -0.25) is 9.59 Å². The van der Waals surface area contributed by atoms with Crippen molar-refractivity contribution in [3.8, 4) is 0 Å². The lowest BCUT2D eigenvalue weighted by molar-refractivity contribution is -0.151. The third-order valence-electron chi connectivity index (χ3n) is 3.92. The van der Waals surface area contributed by atoms with Crippen molar-refractivity contribution in [3.63, 3.8) is 0 Å². The number of β-amino-alcohol motifs (C(OH)–C–C–N with tert-alkyl or cyclic N) is 1. The van der Waals surface area contributed by atoms with Gasteiger partial charge in [0.05, 0.1) is 25.7 Å². The third-order valence-corrected chi connectivity index (χ3v) is 3.92. The number of nitrogens with zero attached hydrogens (tertiary/aromatic N) is 2. The molecule has 0 saturated carbocycles. The van der Waals surface area contributed by atoms with Gasteiger partial charge in [-0.25, -0.2) is 0 Å². The molecule has 5 nitrogen and oxygen atoms in total. The van der Waals surface area contributed by atoms with Gasteiger partial charge in [-0.15, -0.1) is 0 Å². The number of hydrogen-bond acceptors (Lipinski definition) is 3. The van der Waals surface area contributed by atoms with Gasteiger partial charge in [0, 0.05) is 6.54 Å². The molecule has 1 fully saturated rings. The lowest BCUT2D eigenvalue weighted by Crippen LogP contribution is -2.54. The van der Waals surface area contributed by atoms with Crippen LogP contribution in [0.2, 0.25) is 0 Å². The van der Waals surface area contributed by atoms with E-state index in [2.05, 4.69) is 0 Å². The number of carbonyl (C=O) groups is 2. The molecular formula is C16H22N2O3. The number of aliphatic hydroxyl groups is 1. The van der Waals surface area contributed by atoms with Crippen molar-refractivity contribution in [1.29, 1.82) is 0 Å². The van der Waals surface area contributed by atoms with E-state index in [9.17, 15) is 14.7 Å². The second-order valence-electron chi connectivity index (χ2n) is 5.56. The molecule has 0 aromatic heterocycles. The third kappa shape index (κ3) is 3.42. The first-order valence-corrected chi connectivity index (χ1v) is 7.23. The summed E-state index contributed by atoms with van der Waals surface area (Å²) in [6.45, 7) is 6.64. The van der Waals surface area contributed by atoms with Gasteiger partial charge in [0.2, 0.25) is 11.8 Å². The average Bonchev–Trinajstić information content (AvgIpc) is 2.42. The van der Waals surface area contributed by atoms with Gasteiger partial charge in [-0.2, -0.15) is 0 Å². The fraction of sp³-hybridized carbons (Fsp3) is 0.500. The average molecular weight is 290 g/mol. The summed E-state index contributed by atoms with van der Waals surface area (Å²) in [5, 5.41) is 10.4. The number of hydrogen-bond donors (Lipinski definition) is 1. The SMILES string of the molecule is CCN1CC(=O)N(CC(O)c2ccc(C)cc2C)CC1=O. The second kappa shape index (κ2) is 6.26. The Morgan fingerprint density at radius 3 is 2.38 bits per heavy atom. The summed E-state index contributed by atoms with van der Waals surface area (Å²) in [6, 6.07) is 5.82. The Kier molecular flexibility index (Phi) is 4.63. The molecule has 0 bridgehead atoms. The van der Waals surface area contributed by atoms with Gasteiger partial charge in [-0.05, 0) is 31.9 Å². The minimum Gasteiger partial charge on any atom is -0.387 e. The van der Waals surface area contributed by atoms with Gasteiger partial charge >= 0.3 is 0 Å². The Bertz CT molecular complexity index is 556. The maximum Gasteiger partial charge on any atom is 0.242 e. The zero-order valence-electron chi connectivity index (χ0n) is 12.8. The van der Waals surface area contributed by atoms with Crippen LogP contribution in [-0.4, -0.2) is 52.9 Å². The van der Waals surface area contributed by atoms with Crippen LogP contribution in [0.4, 0.5) is 0 Å². The summed E-state index contributed by atoms with van der Waals surface area (Å²) in [6.07, 6.45) is -0.768. The molecule has 0 radical (unpaired) electrons. The van der Waals surface area contributed by atoms with Crippen molar-refractivity contribution in [2.75, 3.05) is 26.2 Å². The van der Waals surface area contributed by atoms with Crippen LogP contribution in [0.15, 0.2) is 18.2 Å². The molecule has 21 heavy (non-hydrogen) atoms. The Labute approximate surface area is 125 Å². The molecule has 1 heterocycles. The van der Waals surface area contributed by atoms with E-state index < -0.39 is 6.10 Å². The largest absolute Gasteiger partial charge is 0.387 e. The Morgan fingerprint density at radius 1 is 1.14 bits per heavy atom. The summed E-state index contributed by atoms with van der Waals surface area (Å²) in [4.78, 5) is 26.9. The van der Waals surface area contributed by atoms with E-state index in [-0.39, 0.29) is 31.4 Å². The standard InChI is InChI=1S/C16H22N2O3/c1-4-17-9-16(21)18(10-15(17)20)8-14(19)13-6-5-11(2)7-12(13)3/h5-7,14,19H,4,8-10H2,1-3H3. The smallest absolute Gasteiger partial charge is 0.242 e. The first-order chi connectivity index (χ1) is 9.92. The predicted molar refractivity (Wildman–Crippen MR) is 79.7 cm³/mol. The first-order valence-electron chi connectivity index (χ1n) is 7.23. The normalized spacial score (nSPS) is 17.3. The van der Waals surface area contributed by atoms with E-state index in [1.807, 2.05) is 39.0 Å². The number of carbonyl (C=O) groups excluding carboxylic acids is 2. The Morgan fingerprint density at radius 2 is 1.76 bits per heavy atom. The number of aliphatic hydroxyl groups excluding tert-OH is 1. The zero-order chi connectivity index (χ0) is 15.6. The highest BCUT2D eigenvalue weighted by Crippen LogP contribution is 2.20. The molecule has 0 spiro atoms. The van der Waals surface area contributed by atoms with Crippen LogP contribution in [0, 0.1) is 13.8 Å². The summed E-state index contributed by atoms with van der Waals surface area (Å²) in [7, 11) is 0. The van der Waals surface area contributed by atoms with Crippen molar-refractivity contribution < 1.29 is 14.7 Å². The zero-order valence-corrected chi connectivity index (χ0v) is 12.8. The van der Waals surface area contributed by atoms with Crippen molar-refractivity contribution in [1.82, 2.24) is 9.80 Å². The van der Waals surface area contributed by atoms with Crippen LogP contribution in [0.25, 0.3) is 0 Å². The minimum absolute atomic E-state index is 0.0502. The van der Waals surface area contributed by atoms with Crippen LogP contribution >= 0.6 is 0 Å². The fourth-order valence-electron chi connectivity index (χ4n) is 2.66. The van der Waals surface area contributed by atoms with Crippen LogP contribution in [-0.2, 0) is 9.59 Å². The molecule has 5 heteroatoms. The van der Waals surface area contributed by atoms with Gasteiger partial charge in [0.1, 0.15) is 0 Å². The maximum absolute atomic E-state index is 12.0. The molecule has 1 saturated heterocycles. The lowest BCUT2D eigenvalue weighted by Gasteiger charge is -2.34. The second-order valence-corrected chi connectivity index (χ2v) is 5.56. The van der Waals surface area contributed by atoms with Crippen LogP contribution in [0.1, 0.15) is 29.7 Å². The summed E-state index contributed by atoms with van der Waals surface area (Å²) < 4.78 is 0. The number of piperazine rings is 1. The molecule has 1 N–H and O–H groups in total. The summed E-state index contributed by atoms with van der Waals surface area (Å²) in [5.41, 5.74) is 2.93. The number of likely N-dealkylation sites (N-methyl/N-ethyl adjacent to an activating group) is 1. The molecule has 114 valence electrons. The predicted octanol–water partition coefficient (Wildman–Crippen LogP) is 1.03. The highest BCUT2D eigenvalue weighted by Gasteiger charge is 2.30. The van der Waals surface area contributed by atoms with E-state index in [1.165, 1.54) is 9.80 Å². The number of rotatable bonds is 4. The number of amides is 2. The molecule has 0 aliphatic carbocycles. The van der Waals surface area contributed by atoms with E-state index >= 15 is 0 Å². The number of aryl methyl sites for hydroxylation is 2. The molecule has 1 atom stereocenters. The molecule has 1 aromatic carbocycles. The van der Waals surface area contributed by atoms with E-state index in [0.717, 1.165) is 16.7 Å². The first kappa shape index (κ1) is 15.5. The Balaban J connectivity index is 2.07. The van der Waals surface area contributed by atoms with Gasteiger partial charge < -0.3 is 14.9 Å². The van der Waals surface area contributed by atoms with Crippen molar-refractivity contribution >= 4 is 11.8 Å². The van der Waals surface area contributed by atoms with Crippen molar-refractivity contribution in [2.24, 2.45) is 0 Å². The minimum atomic E-state index is -0.768. The summed E-state index contributed by atoms with van der Waals surface area (Å²) in [5.74, 6) is -0.176. The van der Waals surface area contributed by atoms with Gasteiger partial charge in [0.15, 0.2) is 0 Å². The van der Waals surface area contributed by atoms with E-state index in [1.54, 1.807) is 0 Å². The molecule has 2 amide bonds. The van der Waals surface area contributed by atoms with Gasteiger partial charge in [-0.1, -0.05) is 23.8 Å². The summed E-state index contributed by atoms with van der Waals surface area (Å²) >= 11 is 0. The monoisotopic (exact) mass is 290 g/mol. The highest BCUT2D eigenvalue weighted by atomic mass is 16.3. The maximum atomic E-state index is 12.0. The molecule has 1 aromatic rings. The molecule has 2 rings (SSSR count). The quantitative estimate of drug-likeness (QED) is 0.901. The topological polar surface area (TPSA) is 60.9 Å².